The van der Waals surface area contributed by atoms with Gasteiger partial charge in [-0.2, -0.15) is 0 Å². The van der Waals surface area contributed by atoms with Crippen LogP contribution in [0.25, 0.3) is 0 Å². The van der Waals surface area contributed by atoms with E-state index in [1.807, 2.05) is 32.9 Å². The molecule has 2 heteroatoms. The second-order valence-corrected chi connectivity index (χ2v) is 4.96. The molecular weight excluding hydrogens is 225 g/mol. The Balaban J connectivity index is 0.000000492. The first-order chi connectivity index (χ1) is 8.60. The molecule has 0 radical (unpaired) electrons. The molecule has 1 aliphatic heterocycles. The van der Waals surface area contributed by atoms with Crippen molar-refractivity contribution in [1.82, 2.24) is 0 Å². The van der Waals surface area contributed by atoms with Gasteiger partial charge in [0.25, 0.3) is 0 Å². The second-order valence-electron chi connectivity index (χ2n) is 4.96. The van der Waals surface area contributed by atoms with Crippen LogP contribution in [0, 0.1) is 5.82 Å². The van der Waals surface area contributed by atoms with E-state index in [1.165, 1.54) is 18.5 Å². The number of hydrogen-bond donors (Lipinski definition) is 0. The fourth-order valence-electron chi connectivity index (χ4n) is 2.15. The predicted molar refractivity (Wildman–Crippen MR) is 77.8 cm³/mol. The number of anilines is 1. The van der Waals surface area contributed by atoms with Gasteiger partial charge in [0.2, 0.25) is 0 Å². The van der Waals surface area contributed by atoms with Crippen LogP contribution in [-0.2, 0) is 0 Å². The van der Waals surface area contributed by atoms with Crippen LogP contribution in [-0.4, -0.2) is 13.1 Å². The molecule has 0 N–H and O–H groups in total. The van der Waals surface area contributed by atoms with E-state index in [1.54, 1.807) is 12.1 Å². The average molecular weight is 249 g/mol. The number of hydrogen-bond acceptors (Lipinski definition) is 1. The molecule has 100 valence electrons. The van der Waals surface area contributed by atoms with Gasteiger partial charge in [0.05, 0.1) is 0 Å². The van der Waals surface area contributed by atoms with Crippen LogP contribution in [0.4, 0.5) is 10.1 Å². The van der Waals surface area contributed by atoms with Gasteiger partial charge < -0.3 is 4.90 Å². The largest absolute Gasteiger partial charge is 0.372 e. The summed E-state index contributed by atoms with van der Waals surface area (Å²) in [7, 11) is 0. The van der Waals surface area contributed by atoms with Gasteiger partial charge in [-0.3, -0.25) is 0 Å². The lowest BCUT2D eigenvalue weighted by atomic mass is 10.0. The van der Waals surface area contributed by atoms with E-state index in [-0.39, 0.29) is 11.7 Å². The summed E-state index contributed by atoms with van der Waals surface area (Å²) < 4.78 is 13.5. The highest BCUT2D eigenvalue weighted by molar-refractivity contribution is 5.50. The SMILES string of the molecule is C=CC.CC(C)c1cc(N2CCCC2)ccc1F. The van der Waals surface area contributed by atoms with Crippen molar-refractivity contribution in [2.45, 2.75) is 39.5 Å². The molecule has 0 saturated carbocycles. The standard InChI is InChI=1S/C13H18FN.C3H6/c1-10(2)12-9-11(5-6-13(12)14)15-7-3-4-8-15;1-3-2/h5-6,9-10H,3-4,7-8H2,1-2H3;3H,1H2,2H3. The van der Waals surface area contributed by atoms with Crippen molar-refractivity contribution < 1.29 is 4.39 Å². The lowest BCUT2D eigenvalue weighted by Gasteiger charge is -2.19. The topological polar surface area (TPSA) is 3.24 Å². The van der Waals surface area contributed by atoms with Crippen LogP contribution in [0.3, 0.4) is 0 Å². The number of nitrogens with zero attached hydrogens (tertiary/aromatic N) is 1. The van der Waals surface area contributed by atoms with Gasteiger partial charge in [0.1, 0.15) is 5.82 Å². The normalized spacial score (nSPS) is 14.4. The Labute approximate surface area is 110 Å². The summed E-state index contributed by atoms with van der Waals surface area (Å²) in [6.07, 6.45) is 4.27. The van der Waals surface area contributed by atoms with E-state index in [4.69, 9.17) is 0 Å². The molecule has 2 rings (SSSR count). The van der Waals surface area contributed by atoms with Crippen LogP contribution in [0.2, 0.25) is 0 Å². The van der Waals surface area contributed by atoms with E-state index >= 15 is 0 Å². The van der Waals surface area contributed by atoms with Gasteiger partial charge in [0.15, 0.2) is 0 Å². The van der Waals surface area contributed by atoms with E-state index in [0.717, 1.165) is 18.7 Å². The average Bonchev–Trinajstić information content (AvgIpc) is 2.84. The van der Waals surface area contributed by atoms with Crippen LogP contribution < -0.4 is 4.90 Å². The van der Waals surface area contributed by atoms with Crippen LogP contribution in [0.15, 0.2) is 30.9 Å². The highest BCUT2D eigenvalue weighted by atomic mass is 19.1. The van der Waals surface area contributed by atoms with Crippen molar-refractivity contribution in [3.63, 3.8) is 0 Å². The monoisotopic (exact) mass is 249 g/mol. The summed E-state index contributed by atoms with van der Waals surface area (Å²) in [6, 6.07) is 5.50. The molecule has 1 aliphatic rings. The Kier molecular flexibility index (Phi) is 5.90. The van der Waals surface area contributed by atoms with E-state index in [0.29, 0.717) is 0 Å². The minimum absolute atomic E-state index is 0.0760. The summed E-state index contributed by atoms with van der Waals surface area (Å²) in [6.45, 7) is 11.5. The third-order valence-electron chi connectivity index (χ3n) is 3.07. The Bertz CT molecular complexity index is 379. The lowest BCUT2D eigenvalue weighted by molar-refractivity contribution is 0.598. The maximum absolute atomic E-state index is 13.5. The fraction of sp³-hybridized carbons (Fsp3) is 0.500. The van der Waals surface area contributed by atoms with E-state index in [2.05, 4.69) is 11.5 Å². The molecule has 1 nitrogen and oxygen atoms in total. The summed E-state index contributed by atoms with van der Waals surface area (Å²) in [4.78, 5) is 2.34. The van der Waals surface area contributed by atoms with Crippen molar-refractivity contribution in [2.24, 2.45) is 0 Å². The molecule has 0 atom stereocenters. The third kappa shape index (κ3) is 3.86. The van der Waals surface area contributed by atoms with Crippen LogP contribution in [0.5, 0.6) is 0 Å². The minimum Gasteiger partial charge on any atom is -0.372 e. The quantitative estimate of drug-likeness (QED) is 0.684. The van der Waals surface area contributed by atoms with Crippen molar-refractivity contribution in [1.29, 1.82) is 0 Å². The number of allylic oxidation sites excluding steroid dienone is 1. The van der Waals surface area contributed by atoms with Crippen molar-refractivity contribution in [3.05, 3.63) is 42.2 Å². The molecular formula is C16H24FN. The molecule has 1 saturated heterocycles. The van der Waals surface area contributed by atoms with Gasteiger partial charge in [-0.1, -0.05) is 19.9 Å². The van der Waals surface area contributed by atoms with Crippen LogP contribution in [0.1, 0.15) is 45.1 Å². The highest BCUT2D eigenvalue weighted by Gasteiger charge is 2.14. The molecule has 0 aromatic heterocycles. The predicted octanol–water partition coefficient (Wildman–Crippen LogP) is 4.74. The molecule has 18 heavy (non-hydrogen) atoms. The molecule has 0 bridgehead atoms. The van der Waals surface area contributed by atoms with Gasteiger partial charge in [-0.05, 0) is 49.4 Å². The number of rotatable bonds is 2. The summed E-state index contributed by atoms with van der Waals surface area (Å²) >= 11 is 0. The van der Waals surface area contributed by atoms with Crippen LogP contribution >= 0.6 is 0 Å². The Morgan fingerprint density at radius 1 is 1.28 bits per heavy atom. The van der Waals surface area contributed by atoms with Crippen molar-refractivity contribution >= 4 is 5.69 Å². The molecule has 0 amide bonds. The summed E-state index contributed by atoms with van der Waals surface area (Å²) in [5.74, 6) is 0.181. The van der Waals surface area contributed by atoms with Gasteiger partial charge >= 0.3 is 0 Å². The molecule has 0 unspecified atom stereocenters. The zero-order valence-electron chi connectivity index (χ0n) is 11.7. The van der Waals surface area contributed by atoms with Crippen molar-refractivity contribution in [2.75, 3.05) is 18.0 Å². The Morgan fingerprint density at radius 3 is 2.33 bits per heavy atom. The maximum Gasteiger partial charge on any atom is 0.126 e. The number of halogens is 1. The molecule has 0 aliphatic carbocycles. The summed E-state index contributed by atoms with van der Waals surface area (Å²) in [5.41, 5.74) is 2.01. The molecule has 1 fully saturated rings. The zero-order valence-corrected chi connectivity index (χ0v) is 11.7. The fourth-order valence-corrected chi connectivity index (χ4v) is 2.15. The zero-order chi connectivity index (χ0) is 13.5. The third-order valence-corrected chi connectivity index (χ3v) is 3.07. The Morgan fingerprint density at radius 2 is 1.83 bits per heavy atom. The first-order valence-corrected chi connectivity index (χ1v) is 6.71. The van der Waals surface area contributed by atoms with Gasteiger partial charge in [0, 0.05) is 18.8 Å². The van der Waals surface area contributed by atoms with Crippen molar-refractivity contribution in [3.8, 4) is 0 Å². The van der Waals surface area contributed by atoms with Gasteiger partial charge in [-0.25, -0.2) is 4.39 Å². The number of benzene rings is 1. The van der Waals surface area contributed by atoms with Gasteiger partial charge in [-0.15, -0.1) is 6.58 Å². The minimum atomic E-state index is -0.0760. The van der Waals surface area contributed by atoms with E-state index < -0.39 is 0 Å². The molecule has 1 heterocycles. The molecule has 0 spiro atoms. The lowest BCUT2D eigenvalue weighted by Crippen LogP contribution is -2.17. The summed E-state index contributed by atoms with van der Waals surface area (Å²) in [5, 5.41) is 0. The molecule has 1 aromatic rings. The first-order valence-electron chi connectivity index (χ1n) is 6.71. The second kappa shape index (κ2) is 7.20. The Hall–Kier alpha value is -1.31. The highest BCUT2D eigenvalue weighted by Crippen LogP contribution is 2.26. The maximum atomic E-state index is 13.5. The smallest absolute Gasteiger partial charge is 0.126 e. The molecule has 1 aromatic carbocycles. The van der Waals surface area contributed by atoms with E-state index in [9.17, 15) is 4.39 Å². The first kappa shape index (κ1) is 14.7.